The first-order valence-electron chi connectivity index (χ1n) is 7.66. The fourth-order valence-corrected chi connectivity index (χ4v) is 2.49. The van der Waals surface area contributed by atoms with Gasteiger partial charge in [0, 0.05) is 23.9 Å². The van der Waals surface area contributed by atoms with Gasteiger partial charge >= 0.3 is 0 Å². The zero-order chi connectivity index (χ0) is 17.0. The molecule has 0 bridgehead atoms. The monoisotopic (exact) mass is 335 g/mol. The van der Waals surface area contributed by atoms with Crippen LogP contribution in [0.5, 0.6) is 0 Å². The molecular formula is C17H22ClN3O2. The van der Waals surface area contributed by atoms with Crippen LogP contribution in [-0.2, 0) is 0 Å². The molecule has 2 N–H and O–H groups in total. The molecule has 1 aromatic carbocycles. The Kier molecular flexibility index (Phi) is 5.80. The number of carbonyl (C=O) groups is 1. The maximum Gasteiger partial charge on any atom is 0.254 e. The van der Waals surface area contributed by atoms with Gasteiger partial charge in [-0.3, -0.25) is 4.79 Å². The number of aromatic nitrogens is 2. The summed E-state index contributed by atoms with van der Waals surface area (Å²) >= 11 is 5.89. The van der Waals surface area contributed by atoms with Gasteiger partial charge in [0.15, 0.2) is 0 Å². The summed E-state index contributed by atoms with van der Waals surface area (Å²) in [4.78, 5) is 12.5. The van der Waals surface area contributed by atoms with E-state index < -0.39 is 0 Å². The number of benzene rings is 1. The molecule has 23 heavy (non-hydrogen) atoms. The molecule has 6 heteroatoms. The summed E-state index contributed by atoms with van der Waals surface area (Å²) in [5.41, 5.74) is 2.03. The van der Waals surface area contributed by atoms with Gasteiger partial charge in [-0.05, 0) is 43.5 Å². The topological polar surface area (TPSA) is 67.2 Å². The Bertz CT molecular complexity index is 665. The van der Waals surface area contributed by atoms with E-state index in [4.69, 9.17) is 16.7 Å². The normalized spacial score (nSPS) is 12.4. The molecule has 1 aromatic heterocycles. The minimum atomic E-state index is -0.171. The number of hydrogen-bond acceptors (Lipinski definition) is 3. The van der Waals surface area contributed by atoms with E-state index >= 15 is 0 Å². The van der Waals surface area contributed by atoms with E-state index in [1.807, 2.05) is 26.0 Å². The fourth-order valence-electron chi connectivity index (χ4n) is 2.37. The number of nitrogens with zero attached hydrogens (tertiary/aromatic N) is 2. The van der Waals surface area contributed by atoms with Gasteiger partial charge in [0.05, 0.1) is 16.9 Å². The van der Waals surface area contributed by atoms with Crippen LogP contribution in [-0.4, -0.2) is 33.4 Å². The van der Waals surface area contributed by atoms with Crippen LogP contribution < -0.4 is 5.32 Å². The van der Waals surface area contributed by atoms with Crippen LogP contribution in [0.25, 0.3) is 5.69 Å². The number of rotatable bonds is 6. The van der Waals surface area contributed by atoms with Crippen LogP contribution >= 0.6 is 11.6 Å². The maximum atomic E-state index is 12.5. The van der Waals surface area contributed by atoms with E-state index in [0.717, 1.165) is 5.69 Å². The summed E-state index contributed by atoms with van der Waals surface area (Å²) in [6.45, 7) is 5.89. The summed E-state index contributed by atoms with van der Waals surface area (Å²) in [5, 5.41) is 17.1. The van der Waals surface area contributed by atoms with E-state index in [1.54, 1.807) is 29.9 Å². The Morgan fingerprint density at radius 2 is 2.00 bits per heavy atom. The molecule has 2 rings (SSSR count). The highest BCUT2D eigenvalue weighted by molar-refractivity contribution is 6.30. The fraction of sp³-hybridized carbons (Fsp3) is 0.412. The number of carbonyl (C=O) groups excluding carboxylic acids is 1. The van der Waals surface area contributed by atoms with Crippen molar-refractivity contribution in [3.8, 4) is 5.69 Å². The van der Waals surface area contributed by atoms with Crippen LogP contribution in [0.4, 0.5) is 0 Å². The Balaban J connectivity index is 2.20. The third kappa shape index (κ3) is 4.33. The van der Waals surface area contributed by atoms with Gasteiger partial charge in [0.1, 0.15) is 0 Å². The first kappa shape index (κ1) is 17.5. The molecule has 1 heterocycles. The summed E-state index contributed by atoms with van der Waals surface area (Å²) in [5.74, 6) is 0.0765. The molecule has 1 amide bonds. The van der Waals surface area contributed by atoms with Crippen LogP contribution in [0.15, 0.2) is 30.5 Å². The number of aliphatic hydroxyl groups excluding tert-OH is 1. The lowest BCUT2D eigenvalue weighted by atomic mass is 10.0. The minimum absolute atomic E-state index is 0.0478. The molecule has 0 radical (unpaired) electrons. The molecule has 0 aliphatic carbocycles. The zero-order valence-electron chi connectivity index (χ0n) is 13.6. The summed E-state index contributed by atoms with van der Waals surface area (Å²) in [6, 6.07) is 7.19. The minimum Gasteiger partial charge on any atom is -0.396 e. The summed E-state index contributed by atoms with van der Waals surface area (Å²) < 4.78 is 1.66. The number of aryl methyl sites for hydroxylation is 1. The molecule has 0 fully saturated rings. The molecule has 5 nitrogen and oxygen atoms in total. The van der Waals surface area contributed by atoms with Crippen LogP contribution in [0.1, 0.15) is 36.3 Å². The Morgan fingerprint density at radius 1 is 1.35 bits per heavy atom. The average molecular weight is 336 g/mol. The highest BCUT2D eigenvalue weighted by atomic mass is 35.5. The maximum absolute atomic E-state index is 12.5. The second-order valence-corrected chi connectivity index (χ2v) is 6.32. The zero-order valence-corrected chi connectivity index (χ0v) is 14.3. The molecule has 0 aliphatic rings. The third-order valence-electron chi connectivity index (χ3n) is 3.80. The lowest BCUT2D eigenvalue weighted by Gasteiger charge is -2.21. The molecule has 2 aromatic rings. The van der Waals surface area contributed by atoms with Gasteiger partial charge in [0.25, 0.3) is 5.91 Å². The lowest BCUT2D eigenvalue weighted by Crippen LogP contribution is -2.39. The van der Waals surface area contributed by atoms with Gasteiger partial charge in [-0.25, -0.2) is 4.68 Å². The standard InChI is InChI=1S/C17H22ClN3O2/c1-11(2)16(8-9-22)19-17(23)15-10-21(20-12(15)3)14-6-4-13(18)5-7-14/h4-7,10-11,16,22H,8-9H2,1-3H3,(H,19,23). The number of amides is 1. The van der Waals surface area contributed by atoms with Crippen molar-refractivity contribution in [1.29, 1.82) is 0 Å². The van der Waals surface area contributed by atoms with E-state index in [9.17, 15) is 4.79 Å². The quantitative estimate of drug-likeness (QED) is 0.852. The second-order valence-electron chi connectivity index (χ2n) is 5.89. The van der Waals surface area contributed by atoms with Crippen molar-refractivity contribution in [2.24, 2.45) is 5.92 Å². The largest absolute Gasteiger partial charge is 0.396 e. The molecule has 0 saturated carbocycles. The van der Waals surface area contributed by atoms with Crippen molar-refractivity contribution in [1.82, 2.24) is 15.1 Å². The number of nitrogens with one attached hydrogen (secondary N) is 1. The second kappa shape index (κ2) is 7.62. The highest BCUT2D eigenvalue weighted by Crippen LogP contribution is 2.16. The van der Waals surface area contributed by atoms with Crippen molar-refractivity contribution in [3.05, 3.63) is 46.7 Å². The van der Waals surface area contributed by atoms with E-state index in [1.165, 1.54) is 0 Å². The summed E-state index contributed by atoms with van der Waals surface area (Å²) in [7, 11) is 0. The lowest BCUT2D eigenvalue weighted by molar-refractivity contribution is 0.0916. The van der Waals surface area contributed by atoms with Gasteiger partial charge < -0.3 is 10.4 Å². The SMILES string of the molecule is Cc1nn(-c2ccc(Cl)cc2)cc1C(=O)NC(CCO)C(C)C. The van der Waals surface area contributed by atoms with E-state index in [0.29, 0.717) is 22.7 Å². The van der Waals surface area contributed by atoms with Crippen LogP contribution in [0.3, 0.4) is 0 Å². The van der Waals surface area contributed by atoms with Gasteiger partial charge in [-0.2, -0.15) is 5.10 Å². The Labute approximate surface area is 141 Å². The van der Waals surface area contributed by atoms with Crippen LogP contribution in [0, 0.1) is 12.8 Å². The Hall–Kier alpha value is -1.85. The van der Waals surface area contributed by atoms with Crippen molar-refractivity contribution >= 4 is 17.5 Å². The molecule has 0 spiro atoms. The molecular weight excluding hydrogens is 314 g/mol. The predicted octanol–water partition coefficient (Wildman–Crippen LogP) is 2.97. The van der Waals surface area contributed by atoms with Crippen molar-refractivity contribution in [3.63, 3.8) is 0 Å². The highest BCUT2D eigenvalue weighted by Gasteiger charge is 2.20. The number of aliphatic hydroxyl groups is 1. The number of halogens is 1. The van der Waals surface area contributed by atoms with Crippen molar-refractivity contribution in [2.45, 2.75) is 33.2 Å². The predicted molar refractivity (Wildman–Crippen MR) is 91.1 cm³/mol. The number of hydrogen-bond donors (Lipinski definition) is 2. The molecule has 0 saturated heterocycles. The molecule has 124 valence electrons. The van der Waals surface area contributed by atoms with Crippen molar-refractivity contribution < 1.29 is 9.90 Å². The molecule has 1 atom stereocenters. The first-order chi connectivity index (χ1) is 10.9. The average Bonchev–Trinajstić information content (AvgIpc) is 2.89. The van der Waals surface area contributed by atoms with Gasteiger partial charge in [-0.15, -0.1) is 0 Å². The third-order valence-corrected chi connectivity index (χ3v) is 4.05. The smallest absolute Gasteiger partial charge is 0.254 e. The van der Waals surface area contributed by atoms with Crippen LogP contribution in [0.2, 0.25) is 5.02 Å². The summed E-state index contributed by atoms with van der Waals surface area (Å²) in [6.07, 6.45) is 2.25. The van der Waals surface area contributed by atoms with Gasteiger partial charge in [0.2, 0.25) is 0 Å². The molecule has 1 unspecified atom stereocenters. The van der Waals surface area contributed by atoms with Crippen molar-refractivity contribution in [2.75, 3.05) is 6.61 Å². The van der Waals surface area contributed by atoms with Gasteiger partial charge in [-0.1, -0.05) is 25.4 Å². The first-order valence-corrected chi connectivity index (χ1v) is 8.04. The Morgan fingerprint density at radius 3 is 2.57 bits per heavy atom. The molecule has 0 aliphatic heterocycles. The van der Waals surface area contributed by atoms with E-state index in [-0.39, 0.29) is 24.5 Å². The van der Waals surface area contributed by atoms with E-state index in [2.05, 4.69) is 10.4 Å².